The van der Waals surface area contributed by atoms with E-state index in [0.29, 0.717) is 5.75 Å². The smallest absolute Gasteiger partial charge is 0.339 e. The summed E-state index contributed by atoms with van der Waals surface area (Å²) in [5.41, 5.74) is 4.48. The van der Waals surface area contributed by atoms with E-state index in [1.54, 1.807) is 18.2 Å². The van der Waals surface area contributed by atoms with E-state index >= 15 is 0 Å². The molecule has 0 bridgehead atoms. The van der Waals surface area contributed by atoms with Gasteiger partial charge >= 0.3 is 5.97 Å². The summed E-state index contributed by atoms with van der Waals surface area (Å²) < 4.78 is 5.23. The van der Waals surface area contributed by atoms with Gasteiger partial charge in [0.05, 0.1) is 7.11 Å². The molecular formula is C26H24N2O3. The van der Waals surface area contributed by atoms with Gasteiger partial charge in [-0.3, -0.25) is 4.98 Å². The summed E-state index contributed by atoms with van der Waals surface area (Å²) in [7, 11) is 1.48. The molecule has 0 aliphatic carbocycles. The Hall–Kier alpha value is -3.70. The summed E-state index contributed by atoms with van der Waals surface area (Å²) in [4.78, 5) is 15.6. The molecule has 0 aliphatic rings. The predicted molar refractivity (Wildman–Crippen MR) is 122 cm³/mol. The van der Waals surface area contributed by atoms with Gasteiger partial charge in [-0.15, -0.1) is 0 Å². The van der Waals surface area contributed by atoms with Crippen LogP contribution in [0.4, 0.5) is 0 Å². The first-order valence-corrected chi connectivity index (χ1v) is 10.1. The summed E-state index contributed by atoms with van der Waals surface area (Å²) in [6.45, 7) is 2.89. The molecule has 31 heavy (non-hydrogen) atoms. The average Bonchev–Trinajstić information content (AvgIpc) is 2.82. The first-order valence-electron chi connectivity index (χ1n) is 10.1. The molecule has 0 radical (unpaired) electrons. The van der Waals surface area contributed by atoms with Crippen molar-refractivity contribution in [3.8, 4) is 16.9 Å². The highest BCUT2D eigenvalue weighted by molar-refractivity contribution is 5.92. The molecule has 2 N–H and O–H groups in total. The largest absolute Gasteiger partial charge is 0.496 e. The Kier molecular flexibility index (Phi) is 5.96. The molecule has 0 fully saturated rings. The van der Waals surface area contributed by atoms with Crippen LogP contribution < -0.4 is 10.1 Å². The molecule has 1 atom stereocenters. The topological polar surface area (TPSA) is 71.5 Å². The lowest BCUT2D eigenvalue weighted by Gasteiger charge is -2.17. The van der Waals surface area contributed by atoms with Gasteiger partial charge in [-0.25, -0.2) is 4.79 Å². The molecular weight excluding hydrogens is 388 g/mol. The van der Waals surface area contributed by atoms with Crippen molar-refractivity contribution in [2.75, 3.05) is 7.11 Å². The third kappa shape index (κ3) is 4.42. The molecule has 156 valence electrons. The van der Waals surface area contributed by atoms with Crippen LogP contribution in [0.25, 0.3) is 21.9 Å². The van der Waals surface area contributed by atoms with Crippen molar-refractivity contribution in [3.63, 3.8) is 0 Å². The van der Waals surface area contributed by atoms with Crippen molar-refractivity contribution in [2.24, 2.45) is 0 Å². The zero-order valence-electron chi connectivity index (χ0n) is 17.5. The predicted octanol–water partition coefficient (Wildman–Crippen LogP) is 5.46. The van der Waals surface area contributed by atoms with Crippen LogP contribution in [-0.2, 0) is 6.54 Å². The van der Waals surface area contributed by atoms with Crippen LogP contribution in [0.5, 0.6) is 5.75 Å². The zero-order chi connectivity index (χ0) is 21.8. The Morgan fingerprint density at radius 3 is 2.58 bits per heavy atom. The molecule has 0 aliphatic heterocycles. The lowest BCUT2D eigenvalue weighted by Crippen LogP contribution is -2.18. The Morgan fingerprint density at radius 2 is 1.84 bits per heavy atom. The van der Waals surface area contributed by atoms with Gasteiger partial charge in [0.2, 0.25) is 0 Å². The molecule has 1 heterocycles. The van der Waals surface area contributed by atoms with Crippen molar-refractivity contribution in [2.45, 2.75) is 19.5 Å². The molecule has 0 spiro atoms. The number of carboxylic acids is 1. The van der Waals surface area contributed by atoms with Gasteiger partial charge in [0, 0.05) is 30.4 Å². The quantitative estimate of drug-likeness (QED) is 0.422. The fourth-order valence-electron chi connectivity index (χ4n) is 3.76. The number of hydrogen-bond donors (Lipinski definition) is 2. The summed E-state index contributed by atoms with van der Waals surface area (Å²) in [6, 6.07) is 21.9. The molecule has 1 aromatic heterocycles. The molecule has 0 saturated carbocycles. The number of pyridine rings is 1. The fraction of sp³-hybridized carbons (Fsp3) is 0.154. The summed E-state index contributed by atoms with van der Waals surface area (Å²) >= 11 is 0. The number of fused-ring (bicyclic) bond motifs is 1. The summed E-state index contributed by atoms with van der Waals surface area (Å²) in [5, 5.41) is 15.2. The van der Waals surface area contributed by atoms with E-state index in [1.165, 1.54) is 29.0 Å². The number of nitrogens with one attached hydrogen (secondary N) is 1. The fourth-order valence-corrected chi connectivity index (χ4v) is 3.76. The zero-order valence-corrected chi connectivity index (χ0v) is 17.5. The van der Waals surface area contributed by atoms with Crippen LogP contribution in [0, 0.1) is 0 Å². The lowest BCUT2D eigenvalue weighted by molar-refractivity contribution is 0.0693. The second-order valence-corrected chi connectivity index (χ2v) is 7.46. The molecule has 4 aromatic rings. The first-order chi connectivity index (χ1) is 15.1. The second-order valence-electron chi connectivity index (χ2n) is 7.46. The molecule has 4 rings (SSSR count). The van der Waals surface area contributed by atoms with Crippen LogP contribution in [0.1, 0.15) is 34.5 Å². The Labute approximate surface area is 181 Å². The molecule has 5 heteroatoms. The van der Waals surface area contributed by atoms with Gasteiger partial charge in [-0.2, -0.15) is 0 Å². The second kappa shape index (κ2) is 8.98. The number of nitrogens with zero attached hydrogens (tertiary/aromatic N) is 1. The monoisotopic (exact) mass is 412 g/mol. The van der Waals surface area contributed by atoms with E-state index in [9.17, 15) is 9.90 Å². The van der Waals surface area contributed by atoms with E-state index in [1.807, 2.05) is 30.6 Å². The van der Waals surface area contributed by atoms with Crippen LogP contribution >= 0.6 is 0 Å². The number of ether oxygens (including phenoxy) is 1. The average molecular weight is 412 g/mol. The molecule has 5 nitrogen and oxygen atoms in total. The van der Waals surface area contributed by atoms with Gasteiger partial charge < -0.3 is 15.2 Å². The first kappa shape index (κ1) is 20.6. The van der Waals surface area contributed by atoms with E-state index in [4.69, 9.17) is 4.74 Å². The van der Waals surface area contributed by atoms with Gasteiger partial charge in [0.25, 0.3) is 0 Å². The molecule has 3 aromatic carbocycles. The SMILES string of the molecule is COc1cc(-c2ccc(CNC(C)c3cccc4ccncc34)cc2)ccc1C(=O)O. The van der Waals surface area contributed by atoms with Gasteiger partial charge in [0.1, 0.15) is 11.3 Å². The highest BCUT2D eigenvalue weighted by atomic mass is 16.5. The maximum absolute atomic E-state index is 11.3. The normalized spacial score (nSPS) is 11.9. The Morgan fingerprint density at radius 1 is 1.06 bits per heavy atom. The lowest BCUT2D eigenvalue weighted by atomic mass is 10.0. The van der Waals surface area contributed by atoms with Crippen molar-refractivity contribution >= 4 is 16.7 Å². The van der Waals surface area contributed by atoms with Crippen LogP contribution in [-0.4, -0.2) is 23.2 Å². The Bertz CT molecular complexity index is 1210. The molecule has 0 saturated heterocycles. The highest BCUT2D eigenvalue weighted by Crippen LogP contribution is 2.28. The number of rotatable bonds is 7. The van der Waals surface area contributed by atoms with Crippen LogP contribution in [0.3, 0.4) is 0 Å². The highest BCUT2D eigenvalue weighted by Gasteiger charge is 2.12. The van der Waals surface area contributed by atoms with Crippen molar-refractivity contribution in [3.05, 3.63) is 95.8 Å². The van der Waals surface area contributed by atoms with Gasteiger partial charge in [-0.1, -0.05) is 48.5 Å². The van der Waals surface area contributed by atoms with E-state index in [-0.39, 0.29) is 11.6 Å². The Balaban J connectivity index is 1.47. The van der Waals surface area contributed by atoms with Gasteiger partial charge in [-0.05, 0) is 52.8 Å². The number of hydrogen-bond acceptors (Lipinski definition) is 4. The minimum Gasteiger partial charge on any atom is -0.496 e. The third-order valence-corrected chi connectivity index (χ3v) is 5.52. The summed E-state index contributed by atoms with van der Waals surface area (Å²) in [6.07, 6.45) is 3.73. The van der Waals surface area contributed by atoms with Gasteiger partial charge in [0.15, 0.2) is 0 Å². The number of methoxy groups -OCH3 is 1. The summed E-state index contributed by atoms with van der Waals surface area (Å²) in [5.74, 6) is -0.643. The maximum atomic E-state index is 11.3. The minimum absolute atomic E-state index is 0.157. The molecule has 1 unspecified atom stereocenters. The maximum Gasteiger partial charge on any atom is 0.339 e. The van der Waals surface area contributed by atoms with E-state index in [0.717, 1.165) is 17.7 Å². The number of aromatic nitrogens is 1. The number of aromatic carboxylic acids is 1. The standard InChI is InChI=1S/C26H24N2O3/c1-17(22-5-3-4-20-12-13-27-16-24(20)22)28-15-18-6-8-19(9-7-18)21-10-11-23(26(29)30)25(14-21)31-2/h3-14,16-17,28H,15H2,1-2H3,(H,29,30). The van der Waals surface area contributed by atoms with Crippen molar-refractivity contribution in [1.82, 2.24) is 10.3 Å². The van der Waals surface area contributed by atoms with Crippen molar-refractivity contribution < 1.29 is 14.6 Å². The van der Waals surface area contributed by atoms with E-state index in [2.05, 4.69) is 47.6 Å². The number of carboxylic acid groups (broad SMARTS) is 1. The molecule has 0 amide bonds. The van der Waals surface area contributed by atoms with Crippen molar-refractivity contribution in [1.29, 1.82) is 0 Å². The van der Waals surface area contributed by atoms with Crippen LogP contribution in [0.15, 0.2) is 79.1 Å². The number of carbonyl (C=O) groups is 1. The van der Waals surface area contributed by atoms with Crippen LogP contribution in [0.2, 0.25) is 0 Å². The number of benzene rings is 3. The van der Waals surface area contributed by atoms with E-state index < -0.39 is 5.97 Å². The third-order valence-electron chi connectivity index (χ3n) is 5.52. The minimum atomic E-state index is -0.999.